The minimum atomic E-state index is -0.576. The van der Waals surface area contributed by atoms with Gasteiger partial charge in [-0.3, -0.25) is 9.59 Å². The van der Waals surface area contributed by atoms with E-state index in [-0.39, 0.29) is 12.2 Å². The summed E-state index contributed by atoms with van der Waals surface area (Å²) >= 11 is 0. The number of esters is 1. The molecule has 0 aromatic carbocycles. The van der Waals surface area contributed by atoms with Gasteiger partial charge in [-0.25, -0.2) is 9.67 Å². The second-order valence-corrected chi connectivity index (χ2v) is 2.38. The number of aromatic nitrogens is 3. The molecule has 0 spiro atoms. The van der Waals surface area contributed by atoms with Crippen molar-refractivity contribution >= 4 is 11.8 Å². The molecule has 0 aliphatic rings. The Bertz CT molecular complexity index is 331. The number of nitrogens with zero attached hydrogens (tertiary/aromatic N) is 3. The molecule has 0 unspecified atom stereocenters. The molecule has 1 heterocycles. The van der Waals surface area contributed by atoms with Crippen LogP contribution in [0.25, 0.3) is 0 Å². The van der Waals surface area contributed by atoms with Crippen LogP contribution in [0.5, 0.6) is 0 Å². The van der Waals surface area contributed by atoms with Crippen LogP contribution in [0.2, 0.25) is 0 Å². The van der Waals surface area contributed by atoms with Crippen LogP contribution in [0.4, 0.5) is 0 Å². The zero-order valence-electron chi connectivity index (χ0n) is 7.35. The monoisotopic (exact) mass is 183 g/mol. The second kappa shape index (κ2) is 3.79. The Kier molecular flexibility index (Phi) is 2.73. The molecule has 1 rings (SSSR count). The molecule has 13 heavy (non-hydrogen) atoms. The Morgan fingerprint density at radius 2 is 2.31 bits per heavy atom. The zero-order valence-corrected chi connectivity index (χ0v) is 7.35. The van der Waals surface area contributed by atoms with E-state index in [0.29, 0.717) is 0 Å². The second-order valence-electron chi connectivity index (χ2n) is 2.38. The van der Waals surface area contributed by atoms with Gasteiger partial charge in [0.25, 0.3) is 0 Å². The third-order valence-corrected chi connectivity index (χ3v) is 1.49. The molecule has 0 aliphatic carbocycles. The molecule has 0 bridgehead atoms. The van der Waals surface area contributed by atoms with Gasteiger partial charge in [-0.15, -0.1) is 0 Å². The number of rotatable bonds is 3. The van der Waals surface area contributed by atoms with Gasteiger partial charge in [0.1, 0.15) is 12.7 Å². The summed E-state index contributed by atoms with van der Waals surface area (Å²) in [7, 11) is 2.81. The summed E-state index contributed by atoms with van der Waals surface area (Å²) in [6.07, 6.45) is 0.952. The maximum absolute atomic E-state index is 11.3. The highest BCUT2D eigenvalue weighted by atomic mass is 16.5. The highest BCUT2D eigenvalue weighted by molar-refractivity contribution is 6.03. The predicted octanol–water partition coefficient (Wildman–Crippen LogP) is -0.439. The molecule has 0 amide bonds. The number of methoxy groups -OCH3 is 1. The third kappa shape index (κ3) is 2.11. The highest BCUT2D eigenvalue weighted by Crippen LogP contribution is 1.98. The summed E-state index contributed by atoms with van der Waals surface area (Å²) in [4.78, 5) is 25.7. The average molecular weight is 183 g/mol. The number of carbonyl (C=O) groups is 2. The molecule has 0 atom stereocenters. The molecule has 0 N–H and O–H groups in total. The van der Waals surface area contributed by atoms with E-state index >= 15 is 0 Å². The number of hydrogen-bond donors (Lipinski definition) is 0. The Labute approximate surface area is 74.5 Å². The van der Waals surface area contributed by atoms with E-state index in [1.54, 1.807) is 7.05 Å². The molecule has 1 aromatic rings. The van der Waals surface area contributed by atoms with Crippen molar-refractivity contribution in [3.8, 4) is 0 Å². The van der Waals surface area contributed by atoms with E-state index in [9.17, 15) is 9.59 Å². The van der Waals surface area contributed by atoms with Gasteiger partial charge in [-0.2, -0.15) is 5.10 Å². The van der Waals surface area contributed by atoms with Gasteiger partial charge >= 0.3 is 5.97 Å². The summed E-state index contributed by atoms with van der Waals surface area (Å²) in [5.41, 5.74) is 0. The highest BCUT2D eigenvalue weighted by Gasteiger charge is 2.16. The molecule has 1 aromatic heterocycles. The van der Waals surface area contributed by atoms with Crippen LogP contribution in [0.15, 0.2) is 6.33 Å². The molecule has 0 radical (unpaired) electrons. The first kappa shape index (κ1) is 9.37. The fraction of sp³-hybridized carbons (Fsp3) is 0.429. The van der Waals surface area contributed by atoms with Crippen LogP contribution in [0, 0.1) is 0 Å². The fourth-order valence-corrected chi connectivity index (χ4v) is 0.831. The number of Topliss-reactive ketones (excluding diaryl/α,β-unsaturated/α-hetero) is 1. The van der Waals surface area contributed by atoms with Crippen molar-refractivity contribution in [3.63, 3.8) is 0 Å². The first-order chi connectivity index (χ1) is 6.15. The lowest BCUT2D eigenvalue weighted by molar-refractivity contribution is -0.139. The minimum absolute atomic E-state index is 0.158. The molecular formula is C7H9N3O3. The van der Waals surface area contributed by atoms with Crippen molar-refractivity contribution in [1.29, 1.82) is 0 Å². The van der Waals surface area contributed by atoms with Gasteiger partial charge in [0.05, 0.1) is 7.11 Å². The van der Waals surface area contributed by atoms with Gasteiger partial charge in [-0.1, -0.05) is 0 Å². The Hall–Kier alpha value is -1.72. The molecule has 0 saturated carbocycles. The zero-order chi connectivity index (χ0) is 9.84. The molecule has 6 heteroatoms. The summed E-state index contributed by atoms with van der Waals surface area (Å²) in [5.74, 6) is -0.815. The van der Waals surface area contributed by atoms with Crippen LogP contribution in [0.3, 0.4) is 0 Å². The summed E-state index contributed by atoms with van der Waals surface area (Å²) < 4.78 is 5.65. The largest absolute Gasteiger partial charge is 0.469 e. The summed E-state index contributed by atoms with van der Waals surface area (Å²) in [5, 5.41) is 3.70. The minimum Gasteiger partial charge on any atom is -0.469 e. The molecule has 0 aliphatic heterocycles. The van der Waals surface area contributed by atoms with Crippen molar-refractivity contribution in [3.05, 3.63) is 12.2 Å². The van der Waals surface area contributed by atoms with E-state index in [4.69, 9.17) is 0 Å². The standard InChI is InChI=1S/C7H9N3O3/c1-10-7(8-4-9-10)5(11)3-6(12)13-2/h4H,3H2,1-2H3. The molecular weight excluding hydrogens is 174 g/mol. The van der Waals surface area contributed by atoms with Gasteiger partial charge < -0.3 is 4.74 Å². The van der Waals surface area contributed by atoms with E-state index in [2.05, 4.69) is 14.8 Å². The Morgan fingerprint density at radius 1 is 1.62 bits per heavy atom. The van der Waals surface area contributed by atoms with Crippen LogP contribution in [-0.2, 0) is 16.6 Å². The van der Waals surface area contributed by atoms with Crippen LogP contribution >= 0.6 is 0 Å². The van der Waals surface area contributed by atoms with Gasteiger partial charge in [0.2, 0.25) is 5.78 Å². The van der Waals surface area contributed by atoms with Crippen LogP contribution in [0.1, 0.15) is 17.0 Å². The maximum Gasteiger partial charge on any atom is 0.313 e. The Morgan fingerprint density at radius 3 is 2.77 bits per heavy atom. The van der Waals surface area contributed by atoms with Crippen LogP contribution < -0.4 is 0 Å². The van der Waals surface area contributed by atoms with Crippen molar-refractivity contribution in [2.24, 2.45) is 7.05 Å². The Balaban J connectivity index is 2.69. The fourth-order valence-electron chi connectivity index (χ4n) is 0.831. The average Bonchev–Trinajstić information content (AvgIpc) is 2.51. The number of ketones is 1. The molecule has 70 valence electrons. The first-order valence-corrected chi connectivity index (χ1v) is 3.59. The first-order valence-electron chi connectivity index (χ1n) is 3.59. The topological polar surface area (TPSA) is 74.1 Å². The van der Waals surface area contributed by atoms with E-state index < -0.39 is 11.8 Å². The van der Waals surface area contributed by atoms with Gasteiger partial charge in [0.15, 0.2) is 5.82 Å². The third-order valence-electron chi connectivity index (χ3n) is 1.49. The lowest BCUT2D eigenvalue weighted by Gasteiger charge is -1.97. The van der Waals surface area contributed by atoms with E-state index in [0.717, 1.165) is 0 Å². The molecule has 0 saturated heterocycles. The predicted molar refractivity (Wildman–Crippen MR) is 42.0 cm³/mol. The van der Waals surface area contributed by atoms with E-state index in [1.807, 2.05) is 0 Å². The van der Waals surface area contributed by atoms with Crippen molar-refractivity contribution < 1.29 is 14.3 Å². The smallest absolute Gasteiger partial charge is 0.313 e. The van der Waals surface area contributed by atoms with Crippen LogP contribution in [-0.4, -0.2) is 33.6 Å². The quantitative estimate of drug-likeness (QED) is 0.361. The van der Waals surface area contributed by atoms with Crippen molar-refractivity contribution in [2.45, 2.75) is 6.42 Å². The number of carbonyl (C=O) groups excluding carboxylic acids is 2. The lowest BCUT2D eigenvalue weighted by atomic mass is 10.3. The van der Waals surface area contributed by atoms with E-state index in [1.165, 1.54) is 18.1 Å². The normalized spacial score (nSPS) is 9.69. The number of hydrogen-bond acceptors (Lipinski definition) is 5. The maximum atomic E-state index is 11.3. The van der Waals surface area contributed by atoms with Gasteiger partial charge in [-0.05, 0) is 0 Å². The summed E-state index contributed by atoms with van der Waals surface area (Å²) in [6.45, 7) is 0. The molecule has 6 nitrogen and oxygen atoms in total. The van der Waals surface area contributed by atoms with Crippen molar-refractivity contribution in [2.75, 3.05) is 7.11 Å². The van der Waals surface area contributed by atoms with Gasteiger partial charge in [0, 0.05) is 7.05 Å². The number of ether oxygens (including phenoxy) is 1. The van der Waals surface area contributed by atoms with Crippen molar-refractivity contribution in [1.82, 2.24) is 14.8 Å². The SMILES string of the molecule is COC(=O)CC(=O)c1ncnn1C. The summed E-state index contributed by atoms with van der Waals surface area (Å²) in [6, 6.07) is 0. The lowest BCUT2D eigenvalue weighted by Crippen LogP contribution is -2.14. The molecule has 0 fully saturated rings. The number of aryl methyl sites for hydroxylation is 1.